The third kappa shape index (κ3) is 4.23. The van der Waals surface area contributed by atoms with Gasteiger partial charge < -0.3 is 5.32 Å². The SMILES string of the molecule is Cc1ccc(S(=O)(=O)CCC(=O)NCCc2csc3ncnn23)cc1. The molecule has 2 heterocycles. The average molecular weight is 378 g/mol. The summed E-state index contributed by atoms with van der Waals surface area (Å²) >= 11 is 1.49. The molecule has 0 saturated carbocycles. The Balaban J connectivity index is 1.48. The van der Waals surface area contributed by atoms with Gasteiger partial charge in [-0.1, -0.05) is 17.7 Å². The van der Waals surface area contributed by atoms with Crippen molar-refractivity contribution >= 4 is 32.0 Å². The molecule has 1 aromatic carbocycles. The first kappa shape index (κ1) is 17.6. The maximum absolute atomic E-state index is 12.2. The Kier molecular flexibility index (Phi) is 5.14. The lowest BCUT2D eigenvalue weighted by Crippen LogP contribution is -2.27. The van der Waals surface area contributed by atoms with E-state index in [1.54, 1.807) is 28.8 Å². The Morgan fingerprint density at radius 2 is 2.04 bits per heavy atom. The summed E-state index contributed by atoms with van der Waals surface area (Å²) in [7, 11) is -3.44. The van der Waals surface area contributed by atoms with E-state index in [2.05, 4.69) is 15.4 Å². The van der Waals surface area contributed by atoms with Gasteiger partial charge in [0.2, 0.25) is 10.9 Å². The molecule has 7 nitrogen and oxygen atoms in total. The van der Waals surface area contributed by atoms with Crippen LogP contribution in [0.15, 0.2) is 40.9 Å². The molecule has 1 N–H and O–H groups in total. The predicted molar refractivity (Wildman–Crippen MR) is 95.4 cm³/mol. The second-order valence-electron chi connectivity index (χ2n) is 5.66. The highest BCUT2D eigenvalue weighted by molar-refractivity contribution is 7.91. The van der Waals surface area contributed by atoms with Gasteiger partial charge in [0.05, 0.1) is 16.3 Å². The molecule has 25 heavy (non-hydrogen) atoms. The lowest BCUT2D eigenvalue weighted by Gasteiger charge is -2.06. The van der Waals surface area contributed by atoms with E-state index in [4.69, 9.17) is 0 Å². The first-order valence-electron chi connectivity index (χ1n) is 7.78. The van der Waals surface area contributed by atoms with Gasteiger partial charge in [-0.25, -0.2) is 17.9 Å². The molecule has 9 heteroatoms. The van der Waals surface area contributed by atoms with Gasteiger partial charge in [0.15, 0.2) is 9.84 Å². The molecule has 0 unspecified atom stereocenters. The molecule has 132 valence electrons. The highest BCUT2D eigenvalue weighted by Crippen LogP contribution is 2.14. The van der Waals surface area contributed by atoms with Crippen molar-refractivity contribution in [3.8, 4) is 0 Å². The van der Waals surface area contributed by atoms with Crippen LogP contribution in [0.2, 0.25) is 0 Å². The summed E-state index contributed by atoms with van der Waals surface area (Å²) in [6.45, 7) is 2.32. The number of aromatic nitrogens is 3. The zero-order valence-electron chi connectivity index (χ0n) is 13.7. The van der Waals surface area contributed by atoms with Crippen molar-refractivity contribution in [1.29, 1.82) is 0 Å². The summed E-state index contributed by atoms with van der Waals surface area (Å²) in [6.07, 6.45) is 2.04. The van der Waals surface area contributed by atoms with E-state index in [0.29, 0.717) is 13.0 Å². The minimum absolute atomic E-state index is 0.0570. The predicted octanol–water partition coefficient (Wildman–Crippen LogP) is 1.62. The molecule has 3 rings (SSSR count). The molecule has 0 spiro atoms. The lowest BCUT2D eigenvalue weighted by molar-refractivity contribution is -0.120. The Morgan fingerprint density at radius 3 is 2.80 bits per heavy atom. The Hall–Kier alpha value is -2.26. The largest absolute Gasteiger partial charge is 0.356 e. The van der Waals surface area contributed by atoms with Crippen LogP contribution < -0.4 is 5.32 Å². The molecular formula is C16H18N4O3S2. The topological polar surface area (TPSA) is 93.4 Å². The van der Waals surface area contributed by atoms with Crippen LogP contribution in [0.3, 0.4) is 0 Å². The highest BCUT2D eigenvalue weighted by atomic mass is 32.2. The Labute approximate surface area is 149 Å². The first-order valence-corrected chi connectivity index (χ1v) is 10.3. The first-order chi connectivity index (χ1) is 12.0. The van der Waals surface area contributed by atoms with Gasteiger partial charge in [0.25, 0.3) is 0 Å². The molecule has 0 atom stereocenters. The van der Waals surface area contributed by atoms with Gasteiger partial charge in [-0.15, -0.1) is 11.3 Å². The van der Waals surface area contributed by atoms with Crippen molar-refractivity contribution in [2.75, 3.05) is 12.3 Å². The number of thiazole rings is 1. The van der Waals surface area contributed by atoms with E-state index in [9.17, 15) is 13.2 Å². The van der Waals surface area contributed by atoms with Gasteiger partial charge in [-0.05, 0) is 19.1 Å². The Bertz CT molecular complexity index is 974. The van der Waals surface area contributed by atoms with Crippen LogP contribution in [-0.2, 0) is 21.1 Å². The Morgan fingerprint density at radius 1 is 1.28 bits per heavy atom. The third-order valence-electron chi connectivity index (χ3n) is 3.77. The van der Waals surface area contributed by atoms with Crippen molar-refractivity contribution in [3.05, 3.63) is 47.2 Å². The van der Waals surface area contributed by atoms with E-state index in [0.717, 1.165) is 16.2 Å². The van der Waals surface area contributed by atoms with Gasteiger partial charge >= 0.3 is 0 Å². The van der Waals surface area contributed by atoms with E-state index < -0.39 is 9.84 Å². The number of carbonyl (C=O) groups excluding carboxylic acids is 1. The quantitative estimate of drug-likeness (QED) is 0.674. The number of nitrogens with zero attached hydrogens (tertiary/aromatic N) is 3. The summed E-state index contributed by atoms with van der Waals surface area (Å²) in [5.41, 5.74) is 1.96. The molecule has 1 amide bonds. The number of sulfone groups is 1. The molecule has 0 aliphatic heterocycles. The van der Waals surface area contributed by atoms with E-state index in [1.807, 2.05) is 12.3 Å². The minimum atomic E-state index is -3.44. The van der Waals surface area contributed by atoms with Crippen LogP contribution >= 0.6 is 11.3 Å². The molecular weight excluding hydrogens is 360 g/mol. The summed E-state index contributed by atoms with van der Waals surface area (Å²) < 4.78 is 26.2. The number of rotatable bonds is 7. The van der Waals surface area contributed by atoms with E-state index in [-0.39, 0.29) is 23.0 Å². The zero-order valence-corrected chi connectivity index (χ0v) is 15.3. The number of benzene rings is 1. The standard InChI is InChI=1S/C16H18N4O3S2/c1-12-2-4-14(5-3-12)25(22,23)9-7-15(21)17-8-6-13-10-24-16-18-11-19-20(13)16/h2-5,10-11H,6-9H2,1H3,(H,17,21). The summed E-state index contributed by atoms with van der Waals surface area (Å²) in [5, 5.41) is 8.81. The molecule has 2 aromatic heterocycles. The van der Waals surface area contributed by atoms with Crippen molar-refractivity contribution in [2.45, 2.75) is 24.7 Å². The van der Waals surface area contributed by atoms with Crippen molar-refractivity contribution in [1.82, 2.24) is 19.9 Å². The third-order valence-corrected chi connectivity index (χ3v) is 6.38. The van der Waals surface area contributed by atoms with Crippen molar-refractivity contribution < 1.29 is 13.2 Å². The summed E-state index contributed by atoms with van der Waals surface area (Å²) in [5.74, 6) is -0.478. The maximum Gasteiger partial charge on any atom is 0.221 e. The minimum Gasteiger partial charge on any atom is -0.356 e. The van der Waals surface area contributed by atoms with Gasteiger partial charge in [0.1, 0.15) is 6.33 Å². The van der Waals surface area contributed by atoms with Crippen LogP contribution in [-0.4, -0.2) is 41.2 Å². The van der Waals surface area contributed by atoms with Gasteiger partial charge in [-0.2, -0.15) is 5.10 Å². The van der Waals surface area contributed by atoms with Crippen LogP contribution in [0.1, 0.15) is 17.7 Å². The number of aryl methyl sites for hydroxylation is 1. The molecule has 0 saturated heterocycles. The number of nitrogens with one attached hydrogen (secondary N) is 1. The molecule has 0 aliphatic rings. The monoisotopic (exact) mass is 378 g/mol. The van der Waals surface area contributed by atoms with Gasteiger partial charge in [-0.3, -0.25) is 4.79 Å². The average Bonchev–Trinajstić information content (AvgIpc) is 3.18. The maximum atomic E-state index is 12.2. The normalized spacial score (nSPS) is 11.7. The molecule has 3 aromatic rings. The fourth-order valence-electron chi connectivity index (χ4n) is 2.35. The smallest absolute Gasteiger partial charge is 0.221 e. The second-order valence-corrected chi connectivity index (χ2v) is 8.61. The number of fused-ring (bicyclic) bond motifs is 1. The van der Waals surface area contributed by atoms with Crippen LogP contribution in [0.5, 0.6) is 0 Å². The van der Waals surface area contributed by atoms with Crippen LogP contribution in [0, 0.1) is 6.92 Å². The molecule has 0 fully saturated rings. The number of hydrogen-bond acceptors (Lipinski definition) is 6. The fraction of sp³-hybridized carbons (Fsp3) is 0.312. The lowest BCUT2D eigenvalue weighted by atomic mass is 10.2. The molecule has 0 radical (unpaired) electrons. The summed E-state index contributed by atoms with van der Waals surface area (Å²) in [4.78, 5) is 17.1. The van der Waals surface area contributed by atoms with Gasteiger partial charge in [0, 0.05) is 24.8 Å². The number of amides is 1. The second kappa shape index (κ2) is 7.32. The molecule has 0 bridgehead atoms. The van der Waals surface area contributed by atoms with Crippen LogP contribution in [0.4, 0.5) is 0 Å². The molecule has 0 aliphatic carbocycles. The van der Waals surface area contributed by atoms with Crippen molar-refractivity contribution in [2.24, 2.45) is 0 Å². The number of carbonyl (C=O) groups is 1. The van der Waals surface area contributed by atoms with E-state index in [1.165, 1.54) is 17.7 Å². The fourth-order valence-corrected chi connectivity index (χ4v) is 4.42. The zero-order chi connectivity index (χ0) is 17.9. The number of hydrogen-bond donors (Lipinski definition) is 1. The van der Waals surface area contributed by atoms with E-state index >= 15 is 0 Å². The highest BCUT2D eigenvalue weighted by Gasteiger charge is 2.16. The summed E-state index contributed by atoms with van der Waals surface area (Å²) in [6, 6.07) is 6.64. The van der Waals surface area contributed by atoms with Crippen molar-refractivity contribution in [3.63, 3.8) is 0 Å². The van der Waals surface area contributed by atoms with Crippen LogP contribution in [0.25, 0.3) is 4.96 Å².